The molecule has 2 heterocycles. The first-order chi connectivity index (χ1) is 17.0. The third kappa shape index (κ3) is 5.32. The molecule has 0 aliphatic rings. The lowest BCUT2D eigenvalue weighted by Gasteiger charge is -2.10. The molecule has 0 saturated carbocycles. The fourth-order valence-corrected chi connectivity index (χ4v) is 3.68. The summed E-state index contributed by atoms with van der Waals surface area (Å²) in [5.41, 5.74) is 1.90. The van der Waals surface area contributed by atoms with Gasteiger partial charge in [0.15, 0.2) is 5.82 Å². The van der Waals surface area contributed by atoms with Crippen LogP contribution in [0.25, 0.3) is 11.4 Å². The molecule has 0 spiro atoms. The molecule has 0 unspecified atom stereocenters. The second-order valence-electron chi connectivity index (χ2n) is 7.78. The van der Waals surface area contributed by atoms with Crippen LogP contribution in [-0.2, 0) is 19.6 Å². The van der Waals surface area contributed by atoms with Crippen molar-refractivity contribution in [1.29, 1.82) is 0 Å². The number of hydrogen-bond donors (Lipinski definition) is 2. The number of aryl methyl sites for hydroxylation is 1. The summed E-state index contributed by atoms with van der Waals surface area (Å²) in [6.07, 6.45) is 2.04. The van der Waals surface area contributed by atoms with Gasteiger partial charge in [-0.3, -0.25) is 0 Å². The number of carboxylic acid groups (broad SMARTS) is 1. The van der Waals surface area contributed by atoms with Gasteiger partial charge in [-0.15, -0.1) is 10.2 Å². The zero-order valence-electron chi connectivity index (χ0n) is 18.9. The molecule has 0 amide bonds. The molecule has 4 aromatic rings. The molecule has 0 aliphatic heterocycles. The van der Waals surface area contributed by atoms with E-state index in [2.05, 4.69) is 25.6 Å². The highest BCUT2D eigenvalue weighted by molar-refractivity contribution is 5.89. The molecule has 0 aliphatic carbocycles. The summed E-state index contributed by atoms with van der Waals surface area (Å²) in [7, 11) is 0. The van der Waals surface area contributed by atoms with Gasteiger partial charge in [-0.25, -0.2) is 9.36 Å². The number of nitro groups is 1. The predicted molar refractivity (Wildman–Crippen MR) is 124 cm³/mol. The molecule has 0 fully saturated rings. The summed E-state index contributed by atoms with van der Waals surface area (Å²) in [5, 5.41) is 35.1. The Labute approximate surface area is 199 Å². The van der Waals surface area contributed by atoms with Crippen molar-refractivity contribution in [2.45, 2.75) is 39.3 Å². The molecule has 4 rings (SSSR count). The molecule has 12 nitrogen and oxygen atoms in total. The third-order valence-corrected chi connectivity index (χ3v) is 5.41. The Morgan fingerprint density at radius 2 is 1.97 bits per heavy atom. The van der Waals surface area contributed by atoms with E-state index in [9.17, 15) is 20.0 Å². The fourth-order valence-electron chi connectivity index (χ4n) is 3.68. The van der Waals surface area contributed by atoms with Crippen LogP contribution in [0.1, 0.15) is 47.2 Å². The molecule has 0 atom stereocenters. The summed E-state index contributed by atoms with van der Waals surface area (Å²) in [6, 6.07) is 14.7. The van der Waals surface area contributed by atoms with Crippen LogP contribution < -0.4 is 4.74 Å². The van der Waals surface area contributed by atoms with Gasteiger partial charge in [0.2, 0.25) is 11.5 Å². The standard InChI is InChI=1S/C23H23N7O5/c1-2-3-8-19-24-20(23(31)32)22(30(33)34)29(19)13-15-9-11-17(12-10-15)35-14-16-6-4-5-7-18(16)21-25-27-28-26-21/h4-7,9-12H,2-3,8,13-14H2,1H3,(H,31,32)(H,25,26,27,28). The number of carbonyl (C=O) groups is 1. The Balaban J connectivity index is 1.52. The fraction of sp³-hybridized carbons (Fsp3) is 0.261. The monoisotopic (exact) mass is 477 g/mol. The van der Waals surface area contributed by atoms with E-state index in [1.165, 1.54) is 4.57 Å². The molecule has 0 bridgehead atoms. The molecular weight excluding hydrogens is 454 g/mol. The number of aromatic nitrogens is 6. The lowest BCUT2D eigenvalue weighted by Crippen LogP contribution is -2.10. The number of rotatable bonds is 11. The molecule has 0 radical (unpaired) electrons. The van der Waals surface area contributed by atoms with Gasteiger partial charge in [0.1, 0.15) is 18.9 Å². The average Bonchev–Trinajstić information content (AvgIpc) is 3.51. The van der Waals surface area contributed by atoms with Crippen LogP contribution in [0.3, 0.4) is 0 Å². The Morgan fingerprint density at radius 3 is 2.63 bits per heavy atom. The first-order valence-electron chi connectivity index (χ1n) is 11.0. The quantitative estimate of drug-likeness (QED) is 0.242. The Kier molecular flexibility index (Phi) is 7.10. The van der Waals surface area contributed by atoms with Crippen molar-refractivity contribution < 1.29 is 19.6 Å². The summed E-state index contributed by atoms with van der Waals surface area (Å²) in [6.45, 7) is 2.38. The van der Waals surface area contributed by atoms with Crippen molar-refractivity contribution in [3.63, 3.8) is 0 Å². The predicted octanol–water partition coefficient (Wildman–Crippen LogP) is 3.64. The van der Waals surface area contributed by atoms with E-state index in [0.717, 1.165) is 29.5 Å². The average molecular weight is 477 g/mol. The smallest absolute Gasteiger partial charge is 0.363 e. The lowest BCUT2D eigenvalue weighted by atomic mass is 10.1. The van der Waals surface area contributed by atoms with E-state index < -0.39 is 22.4 Å². The van der Waals surface area contributed by atoms with Gasteiger partial charge in [-0.1, -0.05) is 49.7 Å². The highest BCUT2D eigenvalue weighted by atomic mass is 16.6. The minimum Gasteiger partial charge on any atom is -0.489 e. The molecular formula is C23H23N7O5. The van der Waals surface area contributed by atoms with Gasteiger partial charge >= 0.3 is 11.8 Å². The van der Waals surface area contributed by atoms with Crippen molar-refractivity contribution in [3.05, 3.63) is 81.3 Å². The highest BCUT2D eigenvalue weighted by Crippen LogP contribution is 2.25. The number of aromatic carboxylic acids is 1. The minimum absolute atomic E-state index is 0.122. The third-order valence-electron chi connectivity index (χ3n) is 5.41. The number of ether oxygens (including phenoxy) is 1. The summed E-state index contributed by atoms with van der Waals surface area (Å²) in [4.78, 5) is 26.6. The maximum Gasteiger partial charge on any atom is 0.363 e. The second-order valence-corrected chi connectivity index (χ2v) is 7.78. The number of unbranched alkanes of at least 4 members (excludes halogenated alkanes) is 1. The van der Waals surface area contributed by atoms with Crippen LogP contribution in [0.15, 0.2) is 48.5 Å². The molecule has 2 N–H and O–H groups in total. The van der Waals surface area contributed by atoms with Crippen molar-refractivity contribution in [1.82, 2.24) is 30.2 Å². The van der Waals surface area contributed by atoms with Crippen LogP contribution in [0.5, 0.6) is 5.75 Å². The highest BCUT2D eigenvalue weighted by Gasteiger charge is 2.31. The van der Waals surface area contributed by atoms with Gasteiger partial charge in [0.05, 0.1) is 0 Å². The van der Waals surface area contributed by atoms with Crippen molar-refractivity contribution in [3.8, 4) is 17.1 Å². The summed E-state index contributed by atoms with van der Waals surface area (Å²) >= 11 is 0. The van der Waals surface area contributed by atoms with Crippen LogP contribution in [-0.4, -0.2) is 46.2 Å². The number of carboxylic acids is 1. The van der Waals surface area contributed by atoms with E-state index in [4.69, 9.17) is 4.74 Å². The van der Waals surface area contributed by atoms with E-state index >= 15 is 0 Å². The summed E-state index contributed by atoms with van der Waals surface area (Å²) in [5.74, 6) is -0.468. The van der Waals surface area contributed by atoms with E-state index in [1.807, 2.05) is 31.2 Å². The van der Waals surface area contributed by atoms with Crippen LogP contribution in [0.2, 0.25) is 0 Å². The maximum atomic E-state index is 11.7. The van der Waals surface area contributed by atoms with Crippen LogP contribution >= 0.6 is 0 Å². The largest absolute Gasteiger partial charge is 0.489 e. The van der Waals surface area contributed by atoms with E-state index in [0.29, 0.717) is 23.8 Å². The second kappa shape index (κ2) is 10.5. The zero-order valence-corrected chi connectivity index (χ0v) is 18.9. The summed E-state index contributed by atoms with van der Waals surface area (Å²) < 4.78 is 7.29. The normalized spacial score (nSPS) is 10.9. The first-order valence-corrected chi connectivity index (χ1v) is 11.0. The lowest BCUT2D eigenvalue weighted by molar-refractivity contribution is -0.392. The van der Waals surface area contributed by atoms with E-state index in [-0.39, 0.29) is 13.2 Å². The van der Waals surface area contributed by atoms with Crippen molar-refractivity contribution >= 4 is 11.8 Å². The Hall–Kier alpha value is -4.61. The number of nitrogens with one attached hydrogen (secondary N) is 1. The number of H-pyrrole nitrogens is 1. The number of hydrogen-bond acceptors (Lipinski definition) is 8. The zero-order chi connectivity index (χ0) is 24.8. The Bertz CT molecular complexity index is 1320. The van der Waals surface area contributed by atoms with E-state index in [1.54, 1.807) is 24.3 Å². The van der Waals surface area contributed by atoms with Gasteiger partial charge < -0.3 is 20.0 Å². The minimum atomic E-state index is -1.42. The SMILES string of the molecule is CCCCc1nc(C(=O)O)c([N+](=O)[O-])n1Cc1ccc(OCc2ccccc2-c2nn[nH]n2)cc1. The number of aromatic amines is 1. The molecule has 12 heteroatoms. The van der Waals surface area contributed by atoms with Crippen LogP contribution in [0.4, 0.5) is 5.82 Å². The van der Waals surface area contributed by atoms with Crippen LogP contribution in [0, 0.1) is 10.1 Å². The molecule has 2 aromatic carbocycles. The first kappa shape index (κ1) is 23.5. The topological polar surface area (TPSA) is 162 Å². The number of nitrogens with zero attached hydrogens (tertiary/aromatic N) is 6. The van der Waals surface area contributed by atoms with Crippen molar-refractivity contribution in [2.75, 3.05) is 0 Å². The number of imidazole rings is 1. The maximum absolute atomic E-state index is 11.7. The van der Waals surface area contributed by atoms with Gasteiger partial charge in [-0.2, -0.15) is 10.2 Å². The van der Waals surface area contributed by atoms with Gasteiger partial charge in [0.25, 0.3) is 0 Å². The van der Waals surface area contributed by atoms with Gasteiger partial charge in [0, 0.05) is 17.5 Å². The van der Waals surface area contributed by atoms with Gasteiger partial charge in [-0.05, 0) is 34.3 Å². The molecule has 35 heavy (non-hydrogen) atoms. The number of benzene rings is 2. The Morgan fingerprint density at radius 1 is 1.20 bits per heavy atom. The number of tetrazole rings is 1. The molecule has 0 saturated heterocycles. The molecule has 2 aromatic heterocycles. The van der Waals surface area contributed by atoms with Crippen molar-refractivity contribution in [2.24, 2.45) is 0 Å². The molecule has 180 valence electrons.